The fourth-order valence-electron chi connectivity index (χ4n) is 2.89. The number of nitrogens with one attached hydrogen (secondary N) is 1. The van der Waals surface area contributed by atoms with Crippen molar-refractivity contribution < 1.29 is 14.3 Å². The predicted molar refractivity (Wildman–Crippen MR) is 112 cm³/mol. The first-order valence-corrected chi connectivity index (χ1v) is 9.66. The van der Waals surface area contributed by atoms with E-state index in [2.05, 4.69) is 22.3 Å². The molecule has 28 heavy (non-hydrogen) atoms. The second-order valence-corrected chi connectivity index (χ2v) is 7.39. The van der Waals surface area contributed by atoms with E-state index in [-0.39, 0.29) is 5.91 Å². The third kappa shape index (κ3) is 5.75. The first-order chi connectivity index (χ1) is 13.5. The molecule has 0 aliphatic carbocycles. The lowest BCUT2D eigenvalue weighted by atomic mass is 10.1. The number of hydrogen-bond donors (Lipinski definition) is 1. The molecule has 2 aromatic rings. The summed E-state index contributed by atoms with van der Waals surface area (Å²) in [5.41, 5.74) is 3.09. The smallest absolute Gasteiger partial charge is 0.244 e. The summed E-state index contributed by atoms with van der Waals surface area (Å²) in [6, 6.07) is 11.8. The Hall–Kier alpha value is -2.50. The molecule has 5 nitrogen and oxygen atoms in total. The molecule has 0 saturated heterocycles. The predicted octanol–water partition coefficient (Wildman–Crippen LogP) is 3.89. The molecule has 1 heterocycles. The van der Waals surface area contributed by atoms with Crippen LogP contribution in [0.2, 0.25) is 5.02 Å². The summed E-state index contributed by atoms with van der Waals surface area (Å²) in [6.45, 7) is 2.55. The van der Waals surface area contributed by atoms with E-state index >= 15 is 0 Å². The quantitative estimate of drug-likeness (QED) is 0.747. The molecule has 0 aromatic heterocycles. The maximum atomic E-state index is 12.1. The van der Waals surface area contributed by atoms with Crippen LogP contribution < -0.4 is 14.8 Å². The van der Waals surface area contributed by atoms with Crippen LogP contribution in [0.4, 0.5) is 0 Å². The van der Waals surface area contributed by atoms with Crippen molar-refractivity contribution in [2.75, 3.05) is 27.3 Å². The van der Waals surface area contributed by atoms with Gasteiger partial charge < -0.3 is 19.7 Å². The van der Waals surface area contributed by atoms with Crippen molar-refractivity contribution in [2.45, 2.75) is 19.5 Å². The molecule has 0 spiro atoms. The molecule has 0 unspecified atom stereocenters. The molecule has 2 aromatic carbocycles. The van der Waals surface area contributed by atoms with Crippen LogP contribution in [0.3, 0.4) is 0 Å². The van der Waals surface area contributed by atoms with E-state index in [1.165, 1.54) is 11.6 Å². The number of ether oxygens (including phenoxy) is 2. The summed E-state index contributed by atoms with van der Waals surface area (Å²) in [5, 5.41) is 3.37. The minimum atomic E-state index is -0.166. The van der Waals surface area contributed by atoms with Crippen molar-refractivity contribution >= 4 is 23.6 Å². The lowest BCUT2D eigenvalue weighted by Gasteiger charge is -2.10. The molecule has 0 saturated carbocycles. The SMILES string of the molecule is CN(C)Cc1ccc(CNC(=O)/C=C/c2cc(Cl)c3c(c2)OCCCO3)cc1. The highest BCUT2D eigenvalue weighted by atomic mass is 35.5. The third-order valence-electron chi connectivity index (χ3n) is 4.24. The van der Waals surface area contributed by atoms with E-state index in [1.54, 1.807) is 12.1 Å². The Morgan fingerprint density at radius 2 is 1.86 bits per heavy atom. The van der Waals surface area contributed by atoms with E-state index < -0.39 is 0 Å². The van der Waals surface area contributed by atoms with Gasteiger partial charge >= 0.3 is 0 Å². The Morgan fingerprint density at radius 3 is 2.61 bits per heavy atom. The van der Waals surface area contributed by atoms with Gasteiger partial charge in [-0.25, -0.2) is 0 Å². The monoisotopic (exact) mass is 400 g/mol. The number of rotatable bonds is 6. The summed E-state index contributed by atoms with van der Waals surface area (Å²) in [7, 11) is 4.08. The van der Waals surface area contributed by atoms with E-state index in [9.17, 15) is 4.79 Å². The van der Waals surface area contributed by atoms with Gasteiger partial charge in [-0.15, -0.1) is 0 Å². The molecule has 1 N–H and O–H groups in total. The number of nitrogens with zero attached hydrogens (tertiary/aromatic N) is 1. The molecule has 0 atom stereocenters. The molecule has 1 aliphatic heterocycles. The van der Waals surface area contributed by atoms with Crippen molar-refractivity contribution in [1.29, 1.82) is 0 Å². The minimum absolute atomic E-state index is 0.166. The summed E-state index contributed by atoms with van der Waals surface area (Å²) in [4.78, 5) is 14.3. The fourth-order valence-corrected chi connectivity index (χ4v) is 3.17. The summed E-state index contributed by atoms with van der Waals surface area (Å²) < 4.78 is 11.3. The van der Waals surface area contributed by atoms with E-state index in [0.717, 1.165) is 24.1 Å². The fraction of sp³-hybridized carbons (Fsp3) is 0.318. The zero-order valence-electron chi connectivity index (χ0n) is 16.2. The number of benzene rings is 2. The van der Waals surface area contributed by atoms with Crippen LogP contribution in [0.25, 0.3) is 6.08 Å². The first-order valence-electron chi connectivity index (χ1n) is 9.29. The Kier molecular flexibility index (Phi) is 6.95. The van der Waals surface area contributed by atoms with Gasteiger partial charge in [-0.3, -0.25) is 4.79 Å². The number of hydrogen-bond acceptors (Lipinski definition) is 4. The number of fused-ring (bicyclic) bond motifs is 1. The highest BCUT2D eigenvalue weighted by Crippen LogP contribution is 2.38. The van der Waals surface area contributed by atoms with Crippen LogP contribution in [-0.4, -0.2) is 38.1 Å². The van der Waals surface area contributed by atoms with Crippen molar-refractivity contribution in [3.63, 3.8) is 0 Å². The molecule has 3 rings (SSSR count). The van der Waals surface area contributed by atoms with Crippen LogP contribution >= 0.6 is 11.6 Å². The van der Waals surface area contributed by atoms with Crippen molar-refractivity contribution in [2.24, 2.45) is 0 Å². The number of halogens is 1. The first kappa shape index (κ1) is 20.2. The van der Waals surface area contributed by atoms with Gasteiger partial charge in [0.1, 0.15) is 0 Å². The van der Waals surface area contributed by atoms with Crippen molar-refractivity contribution in [1.82, 2.24) is 10.2 Å². The summed E-state index contributed by atoms with van der Waals surface area (Å²) in [5.74, 6) is 1.02. The van der Waals surface area contributed by atoms with E-state index in [4.69, 9.17) is 21.1 Å². The van der Waals surface area contributed by atoms with Gasteiger partial charge in [-0.1, -0.05) is 35.9 Å². The zero-order chi connectivity index (χ0) is 19.9. The number of carbonyl (C=O) groups is 1. The lowest BCUT2D eigenvalue weighted by Crippen LogP contribution is -2.20. The Labute approximate surface area is 170 Å². The molecule has 1 amide bonds. The van der Waals surface area contributed by atoms with E-state index in [0.29, 0.717) is 36.3 Å². The lowest BCUT2D eigenvalue weighted by molar-refractivity contribution is -0.116. The average molecular weight is 401 g/mol. The van der Waals surface area contributed by atoms with Crippen LogP contribution in [0.15, 0.2) is 42.5 Å². The zero-order valence-corrected chi connectivity index (χ0v) is 17.0. The van der Waals surface area contributed by atoms with Crippen LogP contribution in [0.5, 0.6) is 11.5 Å². The third-order valence-corrected chi connectivity index (χ3v) is 4.52. The molecule has 148 valence electrons. The topological polar surface area (TPSA) is 50.8 Å². The Balaban J connectivity index is 1.56. The molecule has 0 fully saturated rings. The maximum Gasteiger partial charge on any atom is 0.244 e. The number of amides is 1. The van der Waals surface area contributed by atoms with Gasteiger partial charge in [0.2, 0.25) is 5.91 Å². The Morgan fingerprint density at radius 1 is 1.14 bits per heavy atom. The summed E-state index contributed by atoms with van der Waals surface area (Å²) >= 11 is 6.28. The van der Waals surface area contributed by atoms with Gasteiger partial charge in [0.25, 0.3) is 0 Å². The standard InChI is InChI=1S/C22H25ClN2O3/c1-25(2)15-17-6-4-16(5-7-17)14-24-21(26)9-8-18-12-19(23)22-20(13-18)27-10-3-11-28-22/h4-9,12-13H,3,10-11,14-15H2,1-2H3,(H,24,26)/b9-8+. The van der Waals surface area contributed by atoms with Gasteiger partial charge in [0.15, 0.2) is 11.5 Å². The average Bonchev–Trinajstić information content (AvgIpc) is 2.91. The van der Waals surface area contributed by atoms with Crippen molar-refractivity contribution in [3.05, 3.63) is 64.2 Å². The highest BCUT2D eigenvalue weighted by Gasteiger charge is 2.14. The van der Waals surface area contributed by atoms with Gasteiger partial charge in [-0.2, -0.15) is 0 Å². The normalized spacial score (nSPS) is 13.6. The van der Waals surface area contributed by atoms with Crippen molar-refractivity contribution in [3.8, 4) is 11.5 Å². The minimum Gasteiger partial charge on any atom is -0.489 e. The molecule has 0 radical (unpaired) electrons. The highest BCUT2D eigenvalue weighted by molar-refractivity contribution is 6.32. The molecule has 1 aliphatic rings. The van der Waals surface area contributed by atoms with Crippen LogP contribution in [0, 0.1) is 0 Å². The van der Waals surface area contributed by atoms with Gasteiger partial charge in [-0.05, 0) is 49.0 Å². The molecule has 0 bridgehead atoms. The molecule has 6 heteroatoms. The van der Waals surface area contributed by atoms with Crippen LogP contribution in [0.1, 0.15) is 23.1 Å². The largest absolute Gasteiger partial charge is 0.489 e. The Bertz CT molecular complexity index is 848. The second-order valence-electron chi connectivity index (χ2n) is 6.99. The van der Waals surface area contributed by atoms with E-state index in [1.807, 2.05) is 32.3 Å². The molecular formula is C22H25ClN2O3. The summed E-state index contributed by atoms with van der Waals surface area (Å²) in [6.07, 6.45) is 4.03. The maximum absolute atomic E-state index is 12.1. The van der Waals surface area contributed by atoms with Gasteiger partial charge in [0.05, 0.1) is 18.2 Å². The second kappa shape index (κ2) is 9.62. The molecular weight excluding hydrogens is 376 g/mol. The van der Waals surface area contributed by atoms with Gasteiger partial charge in [0, 0.05) is 25.6 Å². The number of carbonyl (C=O) groups excluding carboxylic acids is 1. The van der Waals surface area contributed by atoms with Crippen LogP contribution in [-0.2, 0) is 17.9 Å².